The van der Waals surface area contributed by atoms with Crippen LogP contribution in [-0.2, 0) is 14.4 Å². The topological polar surface area (TPSA) is 69.7 Å². The summed E-state index contributed by atoms with van der Waals surface area (Å²) in [5, 5.41) is 2.87. The molecule has 136 valence electrons. The largest absolute Gasteiger partial charge is 0.338 e. The van der Waals surface area contributed by atoms with E-state index in [1.54, 1.807) is 9.80 Å². The Morgan fingerprint density at radius 2 is 2.04 bits per heavy atom. The zero-order valence-electron chi connectivity index (χ0n) is 14.8. The molecule has 2 saturated heterocycles. The van der Waals surface area contributed by atoms with Gasteiger partial charge in [0.15, 0.2) is 0 Å². The minimum atomic E-state index is -0.633. The van der Waals surface area contributed by atoms with E-state index in [1.807, 2.05) is 32.9 Å². The van der Waals surface area contributed by atoms with Crippen LogP contribution in [0.1, 0.15) is 33.6 Å². The smallest absolute Gasteiger partial charge is 0.256 e. The first-order valence-corrected chi connectivity index (χ1v) is 9.53. The summed E-state index contributed by atoms with van der Waals surface area (Å²) < 4.78 is 0. The highest BCUT2D eigenvalue weighted by Crippen LogP contribution is 2.28. The van der Waals surface area contributed by atoms with Gasteiger partial charge in [0.1, 0.15) is 6.04 Å². The number of fused-ring (bicyclic) bond motifs is 2. The molecule has 2 atom stereocenters. The molecule has 1 N–H and O–H groups in total. The second kappa shape index (κ2) is 6.59. The summed E-state index contributed by atoms with van der Waals surface area (Å²) in [6.45, 7) is 7.15. The summed E-state index contributed by atoms with van der Waals surface area (Å²) in [5.41, 5.74) is 1.02. The van der Waals surface area contributed by atoms with Crippen molar-refractivity contribution in [1.29, 1.82) is 0 Å². The molecule has 6 nitrogen and oxygen atoms in total. The third-order valence-corrected chi connectivity index (χ3v) is 5.29. The molecular weight excluding hydrogens is 386 g/mol. The van der Waals surface area contributed by atoms with Crippen molar-refractivity contribution in [2.45, 2.75) is 44.5 Å². The van der Waals surface area contributed by atoms with Gasteiger partial charge >= 0.3 is 0 Å². The van der Waals surface area contributed by atoms with E-state index >= 15 is 0 Å². The number of piperazine rings is 1. The highest BCUT2D eigenvalue weighted by Gasteiger charge is 2.42. The van der Waals surface area contributed by atoms with Gasteiger partial charge in [0.2, 0.25) is 11.8 Å². The number of allylic oxidation sites excluding steroid dienone is 2. The second-order valence-electron chi connectivity index (χ2n) is 8.03. The molecule has 3 amide bonds. The van der Waals surface area contributed by atoms with E-state index in [1.165, 1.54) is 0 Å². The first kappa shape index (κ1) is 18.2. The van der Waals surface area contributed by atoms with Gasteiger partial charge in [-0.3, -0.25) is 14.4 Å². The maximum absolute atomic E-state index is 12.9. The number of amides is 3. The molecule has 0 aromatic carbocycles. The van der Waals surface area contributed by atoms with Crippen LogP contribution in [0.3, 0.4) is 0 Å². The van der Waals surface area contributed by atoms with Crippen LogP contribution < -0.4 is 5.32 Å². The maximum atomic E-state index is 12.9. The Morgan fingerprint density at radius 1 is 1.32 bits per heavy atom. The molecule has 0 radical (unpaired) electrons. The molecule has 1 aliphatic carbocycles. The van der Waals surface area contributed by atoms with Crippen molar-refractivity contribution in [3.8, 4) is 0 Å². The average Bonchev–Trinajstić information content (AvgIpc) is 2.62. The third kappa shape index (κ3) is 3.81. The first-order chi connectivity index (χ1) is 11.7. The SMILES string of the molecule is CC(C)(C)CC(=O)N1CCN2C(=O)C3=CC(Br)CC=C3NC(=O)C2C1. The van der Waals surface area contributed by atoms with E-state index in [4.69, 9.17) is 0 Å². The van der Waals surface area contributed by atoms with Crippen LogP contribution in [-0.4, -0.2) is 58.0 Å². The van der Waals surface area contributed by atoms with Gasteiger partial charge in [-0.1, -0.05) is 48.9 Å². The van der Waals surface area contributed by atoms with Crippen LogP contribution in [0.15, 0.2) is 23.4 Å². The number of nitrogens with zero attached hydrogens (tertiary/aromatic N) is 2. The van der Waals surface area contributed by atoms with Crippen molar-refractivity contribution in [3.05, 3.63) is 23.4 Å². The van der Waals surface area contributed by atoms with Gasteiger partial charge in [0.05, 0.1) is 12.1 Å². The molecule has 2 heterocycles. The Balaban J connectivity index is 1.81. The van der Waals surface area contributed by atoms with Crippen LogP contribution in [0.5, 0.6) is 0 Å². The van der Waals surface area contributed by atoms with Crippen molar-refractivity contribution < 1.29 is 14.4 Å². The van der Waals surface area contributed by atoms with Crippen LogP contribution in [0, 0.1) is 5.41 Å². The van der Waals surface area contributed by atoms with Crippen LogP contribution in [0.2, 0.25) is 0 Å². The lowest BCUT2D eigenvalue weighted by Crippen LogP contribution is -2.60. The molecule has 3 aliphatic rings. The summed E-state index contributed by atoms with van der Waals surface area (Å²) in [4.78, 5) is 41.5. The molecule has 0 aromatic rings. The number of carbonyl (C=O) groups excluding carboxylic acids is 3. The van der Waals surface area contributed by atoms with E-state index in [0.29, 0.717) is 30.8 Å². The molecule has 7 heteroatoms. The lowest BCUT2D eigenvalue weighted by Gasteiger charge is -2.40. The highest BCUT2D eigenvalue weighted by atomic mass is 79.9. The molecule has 0 spiro atoms. The van der Waals surface area contributed by atoms with Gasteiger partial charge in [0.25, 0.3) is 5.91 Å². The summed E-state index contributed by atoms with van der Waals surface area (Å²) in [7, 11) is 0. The van der Waals surface area contributed by atoms with Crippen molar-refractivity contribution >= 4 is 33.7 Å². The van der Waals surface area contributed by atoms with E-state index < -0.39 is 6.04 Å². The Kier molecular flexibility index (Phi) is 4.79. The predicted octanol–water partition coefficient (Wildman–Crippen LogP) is 1.57. The standard InChI is InChI=1S/C18H24BrN3O3/c1-18(2,3)9-15(23)21-6-7-22-14(10-21)16(24)20-13-5-4-11(19)8-12(13)17(22)25/h5,8,11,14H,4,6-7,9-10H2,1-3H3,(H,20,24). The number of carbonyl (C=O) groups is 3. The van der Waals surface area contributed by atoms with Crippen molar-refractivity contribution in [2.24, 2.45) is 5.41 Å². The molecule has 3 rings (SSSR count). The van der Waals surface area contributed by atoms with Gasteiger partial charge in [0, 0.05) is 30.0 Å². The Bertz CT molecular complexity index is 678. The molecule has 2 unspecified atom stereocenters. The van der Waals surface area contributed by atoms with Crippen LogP contribution in [0.25, 0.3) is 0 Å². The highest BCUT2D eigenvalue weighted by molar-refractivity contribution is 9.09. The van der Waals surface area contributed by atoms with Crippen molar-refractivity contribution in [1.82, 2.24) is 15.1 Å². The molecule has 2 fully saturated rings. The van der Waals surface area contributed by atoms with Gasteiger partial charge < -0.3 is 15.1 Å². The van der Waals surface area contributed by atoms with Gasteiger partial charge in [-0.2, -0.15) is 0 Å². The van der Waals surface area contributed by atoms with E-state index in [0.717, 1.165) is 6.42 Å². The second-order valence-corrected chi connectivity index (χ2v) is 9.21. The zero-order valence-corrected chi connectivity index (χ0v) is 16.4. The predicted molar refractivity (Wildman–Crippen MR) is 97.8 cm³/mol. The average molecular weight is 410 g/mol. The zero-order chi connectivity index (χ0) is 18.4. The summed E-state index contributed by atoms with van der Waals surface area (Å²) in [5.74, 6) is -0.320. The monoisotopic (exact) mass is 409 g/mol. The third-order valence-electron chi connectivity index (χ3n) is 4.65. The molecule has 25 heavy (non-hydrogen) atoms. The molecule has 0 saturated carbocycles. The van der Waals surface area contributed by atoms with Crippen molar-refractivity contribution in [2.75, 3.05) is 19.6 Å². The number of halogens is 1. The maximum Gasteiger partial charge on any atom is 0.256 e. The van der Waals surface area contributed by atoms with E-state index in [2.05, 4.69) is 21.2 Å². The molecular formula is C18H24BrN3O3. The minimum absolute atomic E-state index is 0.0352. The lowest BCUT2D eigenvalue weighted by atomic mass is 9.91. The molecule has 2 aliphatic heterocycles. The Labute approximate surface area is 156 Å². The normalized spacial score (nSPS) is 26.9. The summed E-state index contributed by atoms with van der Waals surface area (Å²) in [6.07, 6.45) is 4.90. The molecule has 0 bridgehead atoms. The van der Waals surface area contributed by atoms with Crippen LogP contribution >= 0.6 is 15.9 Å². The number of nitrogens with one attached hydrogen (secondary N) is 1. The Hall–Kier alpha value is -1.63. The van der Waals surface area contributed by atoms with Gasteiger partial charge in [-0.05, 0) is 11.8 Å². The molecule has 0 aromatic heterocycles. The number of hydrogen-bond donors (Lipinski definition) is 1. The van der Waals surface area contributed by atoms with Crippen molar-refractivity contribution in [3.63, 3.8) is 0 Å². The van der Waals surface area contributed by atoms with Gasteiger partial charge in [-0.15, -0.1) is 0 Å². The van der Waals surface area contributed by atoms with E-state index in [9.17, 15) is 14.4 Å². The van der Waals surface area contributed by atoms with E-state index in [-0.39, 0.29) is 34.5 Å². The number of alkyl halides is 1. The number of hydrogen-bond acceptors (Lipinski definition) is 3. The minimum Gasteiger partial charge on any atom is -0.338 e. The summed E-state index contributed by atoms with van der Waals surface area (Å²) in [6, 6.07) is -0.633. The quantitative estimate of drug-likeness (QED) is 0.668. The fourth-order valence-corrected chi connectivity index (χ4v) is 3.85. The van der Waals surface area contributed by atoms with Gasteiger partial charge in [-0.25, -0.2) is 0 Å². The summed E-state index contributed by atoms with van der Waals surface area (Å²) >= 11 is 3.51. The van der Waals surface area contributed by atoms with Crippen LogP contribution in [0.4, 0.5) is 0 Å². The Morgan fingerprint density at radius 3 is 2.72 bits per heavy atom. The lowest BCUT2D eigenvalue weighted by molar-refractivity contribution is -0.145. The number of rotatable bonds is 1. The fraction of sp³-hybridized carbons (Fsp3) is 0.611. The fourth-order valence-electron chi connectivity index (χ4n) is 3.40. The first-order valence-electron chi connectivity index (χ1n) is 8.62.